The van der Waals surface area contributed by atoms with Crippen LogP contribution in [0.4, 0.5) is 5.69 Å². The van der Waals surface area contributed by atoms with Crippen molar-refractivity contribution in [2.24, 2.45) is 0 Å². The van der Waals surface area contributed by atoms with Crippen LogP contribution in [0.15, 0.2) is 29.3 Å². The minimum absolute atomic E-state index is 0.0715. The fourth-order valence-corrected chi connectivity index (χ4v) is 2.86. The van der Waals surface area contributed by atoms with Gasteiger partial charge in [-0.05, 0) is 18.9 Å². The number of hydrogen-bond donors (Lipinski definition) is 0. The Morgan fingerprint density at radius 3 is 2.70 bits per heavy atom. The van der Waals surface area contributed by atoms with Crippen LogP contribution < -0.4 is 5.56 Å². The van der Waals surface area contributed by atoms with Gasteiger partial charge in [0, 0.05) is 18.2 Å². The largest absolute Gasteiger partial charge is 0.296 e. The Bertz CT molecular complexity index is 717. The summed E-state index contributed by atoms with van der Waals surface area (Å²) in [7, 11) is 0. The number of fused-ring (bicyclic) bond motifs is 1. The van der Waals surface area contributed by atoms with E-state index in [0.29, 0.717) is 10.9 Å². The summed E-state index contributed by atoms with van der Waals surface area (Å²) in [6.45, 7) is 0. The van der Waals surface area contributed by atoms with Crippen LogP contribution in [0.25, 0.3) is 10.9 Å². The molecule has 0 bridgehead atoms. The van der Waals surface area contributed by atoms with E-state index >= 15 is 0 Å². The van der Waals surface area contributed by atoms with E-state index in [9.17, 15) is 14.9 Å². The van der Waals surface area contributed by atoms with Gasteiger partial charge in [-0.15, -0.1) is 0 Å². The van der Waals surface area contributed by atoms with E-state index in [2.05, 4.69) is 4.98 Å². The third-order valence-electron chi connectivity index (χ3n) is 3.95. The van der Waals surface area contributed by atoms with Crippen molar-refractivity contribution in [3.05, 3.63) is 45.0 Å². The second kappa shape index (κ2) is 5.03. The Balaban J connectivity index is 2.13. The van der Waals surface area contributed by atoms with Crippen LogP contribution in [-0.4, -0.2) is 14.5 Å². The number of nitro groups is 1. The van der Waals surface area contributed by atoms with Gasteiger partial charge in [0.05, 0.1) is 22.2 Å². The highest BCUT2D eigenvalue weighted by Gasteiger charge is 2.18. The highest BCUT2D eigenvalue weighted by molar-refractivity contribution is 5.79. The summed E-state index contributed by atoms with van der Waals surface area (Å²) in [5.41, 5.74) is 0.260. The van der Waals surface area contributed by atoms with Gasteiger partial charge in [-0.3, -0.25) is 19.5 Å². The predicted molar refractivity (Wildman–Crippen MR) is 74.8 cm³/mol. The summed E-state index contributed by atoms with van der Waals surface area (Å²) in [4.78, 5) is 27.1. The maximum absolute atomic E-state index is 12.5. The number of benzene rings is 1. The molecule has 6 nitrogen and oxygen atoms in total. The molecule has 0 saturated heterocycles. The maximum Gasteiger partial charge on any atom is 0.270 e. The van der Waals surface area contributed by atoms with Crippen LogP contribution in [0.1, 0.15) is 38.1 Å². The summed E-state index contributed by atoms with van der Waals surface area (Å²) in [5, 5.41) is 11.1. The predicted octanol–water partition coefficient (Wildman–Crippen LogP) is 2.81. The lowest BCUT2D eigenvalue weighted by Gasteiger charge is -2.23. The molecule has 104 valence electrons. The molecule has 2 aromatic rings. The second-order valence-electron chi connectivity index (χ2n) is 5.21. The zero-order chi connectivity index (χ0) is 14.1. The molecule has 0 unspecified atom stereocenters. The second-order valence-corrected chi connectivity index (χ2v) is 5.21. The van der Waals surface area contributed by atoms with E-state index < -0.39 is 4.92 Å². The molecule has 0 spiro atoms. The Kier molecular flexibility index (Phi) is 3.22. The van der Waals surface area contributed by atoms with Crippen molar-refractivity contribution >= 4 is 16.6 Å². The molecule has 1 saturated carbocycles. The standard InChI is InChI=1S/C14H15N3O3/c18-14-12-8-11(17(19)20)6-7-13(12)15-9-16(14)10-4-2-1-3-5-10/h6-10H,1-5H2. The lowest BCUT2D eigenvalue weighted by atomic mass is 9.95. The van der Waals surface area contributed by atoms with E-state index in [-0.39, 0.29) is 17.3 Å². The third-order valence-corrected chi connectivity index (χ3v) is 3.95. The van der Waals surface area contributed by atoms with Crippen molar-refractivity contribution in [1.29, 1.82) is 0 Å². The smallest absolute Gasteiger partial charge is 0.270 e. The Morgan fingerprint density at radius 2 is 2.00 bits per heavy atom. The number of aromatic nitrogens is 2. The molecule has 1 aromatic heterocycles. The van der Waals surface area contributed by atoms with Gasteiger partial charge in [-0.25, -0.2) is 4.98 Å². The molecule has 1 heterocycles. The zero-order valence-electron chi connectivity index (χ0n) is 11.0. The van der Waals surface area contributed by atoms with Gasteiger partial charge >= 0.3 is 0 Å². The SMILES string of the molecule is O=c1c2cc([N+](=O)[O-])ccc2ncn1C1CCCCC1. The Labute approximate surface area is 115 Å². The van der Waals surface area contributed by atoms with Crippen LogP contribution in [0.2, 0.25) is 0 Å². The van der Waals surface area contributed by atoms with Crippen LogP contribution in [-0.2, 0) is 0 Å². The first-order chi connectivity index (χ1) is 9.66. The maximum atomic E-state index is 12.5. The number of non-ortho nitro benzene ring substituents is 1. The van der Waals surface area contributed by atoms with E-state index in [1.807, 2.05) is 0 Å². The highest BCUT2D eigenvalue weighted by atomic mass is 16.6. The molecule has 0 amide bonds. The van der Waals surface area contributed by atoms with Crippen LogP contribution in [0.5, 0.6) is 0 Å². The quantitative estimate of drug-likeness (QED) is 0.622. The lowest BCUT2D eigenvalue weighted by molar-refractivity contribution is -0.384. The Hall–Kier alpha value is -2.24. The fourth-order valence-electron chi connectivity index (χ4n) is 2.86. The summed E-state index contributed by atoms with van der Waals surface area (Å²) in [6, 6.07) is 4.40. The monoisotopic (exact) mass is 273 g/mol. The van der Waals surface area contributed by atoms with Crippen molar-refractivity contribution in [2.75, 3.05) is 0 Å². The first-order valence-electron chi connectivity index (χ1n) is 6.82. The summed E-state index contributed by atoms with van der Waals surface area (Å²) >= 11 is 0. The fraction of sp³-hybridized carbons (Fsp3) is 0.429. The van der Waals surface area contributed by atoms with Crippen LogP contribution in [0.3, 0.4) is 0 Å². The van der Waals surface area contributed by atoms with Crippen molar-refractivity contribution < 1.29 is 4.92 Å². The molecule has 1 fully saturated rings. The first kappa shape index (κ1) is 12.8. The number of nitrogens with zero attached hydrogens (tertiary/aromatic N) is 3. The molecule has 1 aliphatic carbocycles. The minimum atomic E-state index is -0.489. The van der Waals surface area contributed by atoms with E-state index in [0.717, 1.165) is 25.7 Å². The van der Waals surface area contributed by atoms with Crippen LogP contribution in [0, 0.1) is 10.1 Å². The molecule has 6 heteroatoms. The summed E-state index contributed by atoms with van der Waals surface area (Å²) in [5.74, 6) is 0. The van der Waals surface area contributed by atoms with Gasteiger partial charge in [0.15, 0.2) is 0 Å². The molecular formula is C14H15N3O3. The zero-order valence-corrected chi connectivity index (χ0v) is 11.0. The van der Waals surface area contributed by atoms with Gasteiger partial charge < -0.3 is 0 Å². The molecule has 1 aromatic carbocycles. The normalized spacial score (nSPS) is 16.4. The van der Waals surface area contributed by atoms with Crippen molar-refractivity contribution in [1.82, 2.24) is 9.55 Å². The summed E-state index contributed by atoms with van der Waals surface area (Å²) in [6.07, 6.45) is 6.96. The average molecular weight is 273 g/mol. The van der Waals surface area contributed by atoms with Gasteiger partial charge in [0.2, 0.25) is 0 Å². The lowest BCUT2D eigenvalue weighted by Crippen LogP contribution is -2.26. The molecule has 3 rings (SSSR count). The summed E-state index contributed by atoms with van der Waals surface area (Å²) < 4.78 is 1.64. The molecule has 0 N–H and O–H groups in total. The number of nitro benzene ring substituents is 1. The number of hydrogen-bond acceptors (Lipinski definition) is 4. The van der Waals surface area contributed by atoms with Gasteiger partial charge in [-0.2, -0.15) is 0 Å². The van der Waals surface area contributed by atoms with Crippen LogP contribution >= 0.6 is 0 Å². The molecule has 1 aliphatic rings. The van der Waals surface area contributed by atoms with Crippen molar-refractivity contribution in [3.8, 4) is 0 Å². The Morgan fingerprint density at radius 1 is 1.25 bits per heavy atom. The highest BCUT2D eigenvalue weighted by Crippen LogP contribution is 2.27. The van der Waals surface area contributed by atoms with E-state index in [1.54, 1.807) is 10.9 Å². The van der Waals surface area contributed by atoms with Gasteiger partial charge in [0.1, 0.15) is 0 Å². The topological polar surface area (TPSA) is 78.0 Å². The molecular weight excluding hydrogens is 258 g/mol. The van der Waals surface area contributed by atoms with E-state index in [4.69, 9.17) is 0 Å². The van der Waals surface area contributed by atoms with Crippen molar-refractivity contribution in [2.45, 2.75) is 38.1 Å². The average Bonchev–Trinajstić information content (AvgIpc) is 2.48. The first-order valence-corrected chi connectivity index (χ1v) is 6.82. The number of rotatable bonds is 2. The molecule has 0 atom stereocenters. The van der Waals surface area contributed by atoms with E-state index in [1.165, 1.54) is 24.6 Å². The minimum Gasteiger partial charge on any atom is -0.296 e. The third kappa shape index (κ3) is 2.17. The van der Waals surface area contributed by atoms with Gasteiger partial charge in [-0.1, -0.05) is 19.3 Å². The van der Waals surface area contributed by atoms with Crippen molar-refractivity contribution in [3.63, 3.8) is 0 Å². The van der Waals surface area contributed by atoms with Gasteiger partial charge in [0.25, 0.3) is 11.2 Å². The molecule has 20 heavy (non-hydrogen) atoms. The molecule has 0 aliphatic heterocycles. The molecule has 0 radical (unpaired) electrons.